The largest absolute Gasteiger partial charge is 0.417 e. The molecule has 0 unspecified atom stereocenters. The van der Waals surface area contributed by atoms with E-state index in [1.165, 1.54) is 0 Å². The summed E-state index contributed by atoms with van der Waals surface area (Å²) in [6, 6.07) is 6.11. The Balaban J connectivity index is 2.49. The molecule has 0 saturated carbocycles. The first-order valence-electron chi connectivity index (χ1n) is 6.06. The molecule has 0 fully saturated rings. The van der Waals surface area contributed by atoms with Crippen LogP contribution in [-0.4, -0.2) is 13.3 Å². The third kappa shape index (κ3) is 3.95. The molecule has 2 aromatic rings. The highest BCUT2D eigenvalue weighted by Crippen LogP contribution is 2.36. The van der Waals surface area contributed by atoms with Gasteiger partial charge in [0.15, 0.2) is 0 Å². The molecule has 0 aromatic heterocycles. The number of hydrogen-bond acceptors (Lipinski definition) is 5. The monoisotopic (exact) mass is 381 g/mol. The first-order chi connectivity index (χ1) is 11.0. The Kier molecular flexibility index (Phi) is 4.72. The Morgan fingerprint density at radius 2 is 1.79 bits per heavy atom. The number of halogens is 4. The molecule has 0 aliphatic rings. The zero-order chi connectivity index (χ0) is 18.1. The summed E-state index contributed by atoms with van der Waals surface area (Å²) in [5.74, 6) is -0.493. The fourth-order valence-corrected chi connectivity index (χ4v) is 3.06. The molecule has 6 nitrogen and oxygen atoms in total. The van der Waals surface area contributed by atoms with Gasteiger partial charge in [-0.1, -0.05) is 17.7 Å². The molecule has 0 amide bonds. The fourth-order valence-electron chi connectivity index (χ4n) is 1.76. The minimum Gasteiger partial charge on any atom is -0.379 e. The summed E-state index contributed by atoms with van der Waals surface area (Å²) >= 11 is 5.48. The minimum absolute atomic E-state index is 0.309. The van der Waals surface area contributed by atoms with Crippen LogP contribution in [0, 0.1) is 10.1 Å². The van der Waals surface area contributed by atoms with Gasteiger partial charge in [-0.3, -0.25) is 10.1 Å². The average Bonchev–Trinajstić information content (AvgIpc) is 2.45. The van der Waals surface area contributed by atoms with E-state index < -0.39 is 43.1 Å². The number of nitro benzene ring substituents is 1. The van der Waals surface area contributed by atoms with Crippen LogP contribution in [0.5, 0.6) is 5.75 Å². The topological polar surface area (TPSA) is 86.5 Å². The summed E-state index contributed by atoms with van der Waals surface area (Å²) < 4.78 is 67.8. The summed E-state index contributed by atoms with van der Waals surface area (Å²) in [6.07, 6.45) is -4.99. The maximum absolute atomic E-state index is 13.0. The summed E-state index contributed by atoms with van der Waals surface area (Å²) in [7, 11) is -4.89. The van der Waals surface area contributed by atoms with Gasteiger partial charge in [0.25, 0.3) is 5.69 Å². The van der Waals surface area contributed by atoms with E-state index in [4.69, 9.17) is 11.6 Å². The van der Waals surface area contributed by atoms with Gasteiger partial charge in [0.2, 0.25) is 0 Å². The summed E-state index contributed by atoms with van der Waals surface area (Å²) in [4.78, 5) is 8.70. The van der Waals surface area contributed by atoms with Gasteiger partial charge in [-0.05, 0) is 24.3 Å². The second-order valence-corrected chi connectivity index (χ2v) is 6.38. The number of non-ortho nitro benzene ring substituents is 1. The van der Waals surface area contributed by atoms with E-state index in [1.807, 2.05) is 0 Å². The highest BCUT2D eigenvalue weighted by molar-refractivity contribution is 7.87. The normalized spacial score (nSPS) is 12.0. The van der Waals surface area contributed by atoms with Crippen molar-refractivity contribution < 1.29 is 30.7 Å². The van der Waals surface area contributed by atoms with Crippen LogP contribution < -0.4 is 4.18 Å². The summed E-state index contributed by atoms with van der Waals surface area (Å²) in [6.45, 7) is 0. The van der Waals surface area contributed by atoms with Gasteiger partial charge in [-0.25, -0.2) is 0 Å². The second kappa shape index (κ2) is 6.29. The smallest absolute Gasteiger partial charge is 0.379 e. The molecule has 0 radical (unpaired) electrons. The molecule has 0 spiro atoms. The van der Waals surface area contributed by atoms with E-state index in [0.717, 1.165) is 30.3 Å². The predicted octanol–water partition coefficient (Wildman–Crippen LogP) is 4.03. The van der Waals surface area contributed by atoms with E-state index in [2.05, 4.69) is 4.18 Å². The van der Waals surface area contributed by atoms with Crippen molar-refractivity contribution in [3.8, 4) is 5.75 Å². The Labute approximate surface area is 138 Å². The number of rotatable bonds is 4. The summed E-state index contributed by atoms with van der Waals surface area (Å²) in [5, 5.41) is 10.3. The van der Waals surface area contributed by atoms with E-state index in [-0.39, 0.29) is 5.02 Å². The lowest BCUT2D eigenvalue weighted by Crippen LogP contribution is -2.17. The lowest BCUT2D eigenvalue weighted by molar-refractivity contribution is -0.384. The van der Waals surface area contributed by atoms with Crippen molar-refractivity contribution in [2.75, 3.05) is 0 Å². The van der Waals surface area contributed by atoms with E-state index in [9.17, 15) is 31.7 Å². The highest BCUT2D eigenvalue weighted by Gasteiger charge is 2.38. The summed E-state index contributed by atoms with van der Waals surface area (Å²) in [5.41, 5.74) is -1.98. The molecule has 0 aliphatic carbocycles. The second-order valence-electron chi connectivity index (χ2n) is 4.43. The van der Waals surface area contributed by atoms with Crippen LogP contribution in [0.15, 0.2) is 47.4 Å². The third-order valence-electron chi connectivity index (χ3n) is 2.75. The predicted molar refractivity (Wildman–Crippen MR) is 77.4 cm³/mol. The van der Waals surface area contributed by atoms with Crippen LogP contribution in [0.2, 0.25) is 5.02 Å². The number of hydrogen-bond donors (Lipinski definition) is 0. The van der Waals surface area contributed by atoms with Crippen LogP contribution in [-0.2, 0) is 16.3 Å². The van der Waals surface area contributed by atoms with Gasteiger partial charge >= 0.3 is 16.3 Å². The van der Waals surface area contributed by atoms with Crippen molar-refractivity contribution in [3.63, 3.8) is 0 Å². The number of alkyl halides is 3. The van der Waals surface area contributed by atoms with Crippen molar-refractivity contribution in [2.45, 2.75) is 11.1 Å². The van der Waals surface area contributed by atoms with Crippen LogP contribution in [0.4, 0.5) is 18.9 Å². The minimum atomic E-state index is -4.99. The third-order valence-corrected chi connectivity index (χ3v) is 4.29. The van der Waals surface area contributed by atoms with Gasteiger partial charge in [0, 0.05) is 11.1 Å². The molecule has 0 aliphatic heterocycles. The van der Waals surface area contributed by atoms with Crippen molar-refractivity contribution in [1.82, 2.24) is 0 Å². The van der Waals surface area contributed by atoms with Crippen LogP contribution in [0.25, 0.3) is 0 Å². The average molecular weight is 382 g/mol. The highest BCUT2D eigenvalue weighted by atomic mass is 35.5. The van der Waals surface area contributed by atoms with Gasteiger partial charge < -0.3 is 4.18 Å². The van der Waals surface area contributed by atoms with Crippen LogP contribution >= 0.6 is 11.6 Å². The molecule has 0 heterocycles. The van der Waals surface area contributed by atoms with Crippen molar-refractivity contribution in [2.24, 2.45) is 0 Å². The van der Waals surface area contributed by atoms with E-state index >= 15 is 0 Å². The van der Waals surface area contributed by atoms with Gasteiger partial charge in [0.05, 0.1) is 16.6 Å². The molecule has 24 heavy (non-hydrogen) atoms. The lowest BCUT2D eigenvalue weighted by atomic mass is 10.2. The molecule has 11 heteroatoms. The maximum atomic E-state index is 13.0. The molecular weight excluding hydrogens is 375 g/mol. The SMILES string of the molecule is O=[N+]([O-])c1cccc(OS(=O)(=O)c2ccc(Cl)cc2C(F)(F)F)c1. The molecule has 0 atom stereocenters. The first kappa shape index (κ1) is 18.0. The Bertz CT molecular complexity index is 899. The number of nitro groups is 1. The van der Waals surface area contributed by atoms with Crippen molar-refractivity contribution in [3.05, 3.63) is 63.2 Å². The van der Waals surface area contributed by atoms with Crippen LogP contribution in [0.3, 0.4) is 0 Å². The Hall–Kier alpha value is -2.33. The maximum Gasteiger partial charge on any atom is 0.417 e. The van der Waals surface area contributed by atoms with E-state index in [1.54, 1.807) is 0 Å². The number of benzene rings is 2. The van der Waals surface area contributed by atoms with Crippen LogP contribution in [0.1, 0.15) is 5.56 Å². The molecule has 2 aromatic carbocycles. The van der Waals surface area contributed by atoms with Crippen molar-refractivity contribution >= 4 is 27.4 Å². The lowest BCUT2D eigenvalue weighted by Gasteiger charge is -2.14. The first-order valence-corrected chi connectivity index (χ1v) is 7.85. The van der Waals surface area contributed by atoms with Gasteiger partial charge in [-0.15, -0.1) is 0 Å². The number of nitrogens with zero attached hydrogens (tertiary/aromatic N) is 1. The Morgan fingerprint density at radius 3 is 2.38 bits per heavy atom. The molecule has 0 bridgehead atoms. The Morgan fingerprint density at radius 1 is 1.12 bits per heavy atom. The molecule has 0 N–H and O–H groups in total. The zero-order valence-corrected chi connectivity index (χ0v) is 13.0. The van der Waals surface area contributed by atoms with Gasteiger partial charge in [-0.2, -0.15) is 21.6 Å². The van der Waals surface area contributed by atoms with Crippen molar-refractivity contribution in [1.29, 1.82) is 0 Å². The molecule has 2 rings (SSSR count). The zero-order valence-electron chi connectivity index (χ0n) is 11.5. The molecule has 128 valence electrons. The molecular formula is C13H7ClF3NO5S. The molecule has 0 saturated heterocycles. The van der Waals surface area contributed by atoms with Gasteiger partial charge in [0.1, 0.15) is 10.6 Å². The quantitative estimate of drug-likeness (QED) is 0.453. The van der Waals surface area contributed by atoms with E-state index in [0.29, 0.717) is 12.1 Å². The standard InChI is InChI=1S/C13H7ClF3NO5S/c14-8-4-5-12(11(6-8)13(15,16)17)24(21,22)23-10-3-1-2-9(7-10)18(19)20/h1-7H. The fraction of sp³-hybridized carbons (Fsp3) is 0.0769.